The first-order valence-corrected chi connectivity index (χ1v) is 6.16. The molecule has 0 atom stereocenters. The van der Waals surface area contributed by atoms with E-state index < -0.39 is 10.8 Å². The molecule has 86 valence electrons. The third kappa shape index (κ3) is 2.93. The SMILES string of the molecule is Cc1ccc(S(O)(O)N(C)CCO)cc1. The van der Waals surface area contributed by atoms with Gasteiger partial charge in [0.15, 0.2) is 0 Å². The fourth-order valence-electron chi connectivity index (χ4n) is 1.17. The lowest BCUT2D eigenvalue weighted by molar-refractivity contribution is 0.256. The van der Waals surface area contributed by atoms with E-state index in [0.717, 1.165) is 5.56 Å². The average Bonchev–Trinajstić information content (AvgIpc) is 2.18. The third-order valence-electron chi connectivity index (χ3n) is 2.19. The Bertz CT molecular complexity index is 313. The van der Waals surface area contributed by atoms with Crippen LogP contribution in [0.25, 0.3) is 0 Å². The first-order valence-electron chi connectivity index (χ1n) is 4.65. The summed E-state index contributed by atoms with van der Waals surface area (Å²) in [5.74, 6) is 0. The predicted octanol–water partition coefficient (Wildman–Crippen LogP) is 1.94. The summed E-state index contributed by atoms with van der Waals surface area (Å²) < 4.78 is 21.2. The molecule has 0 saturated heterocycles. The van der Waals surface area contributed by atoms with Crippen molar-refractivity contribution in [3.63, 3.8) is 0 Å². The number of aryl methyl sites for hydroxylation is 1. The standard InChI is InChI=1S/C10H17NO3S/c1-9-3-5-10(6-4-9)15(13,14)11(2)7-8-12/h3-6,12-14H,7-8H2,1-2H3. The summed E-state index contributed by atoms with van der Waals surface area (Å²) in [6.07, 6.45) is 0. The number of aliphatic hydroxyl groups is 1. The third-order valence-corrected chi connectivity index (χ3v) is 4.14. The zero-order valence-electron chi connectivity index (χ0n) is 8.92. The molecular formula is C10H17NO3S. The predicted molar refractivity (Wildman–Crippen MR) is 62.0 cm³/mol. The molecule has 0 unspecified atom stereocenters. The molecule has 4 nitrogen and oxygen atoms in total. The fourth-order valence-corrected chi connectivity index (χ4v) is 2.37. The number of rotatable bonds is 4. The van der Waals surface area contributed by atoms with E-state index in [1.54, 1.807) is 19.2 Å². The van der Waals surface area contributed by atoms with Crippen LogP contribution in [0.2, 0.25) is 0 Å². The van der Waals surface area contributed by atoms with Gasteiger partial charge in [0.05, 0.1) is 11.5 Å². The van der Waals surface area contributed by atoms with Crippen molar-refractivity contribution in [2.45, 2.75) is 11.8 Å². The van der Waals surface area contributed by atoms with Gasteiger partial charge in [-0.3, -0.25) is 9.11 Å². The molecule has 1 aromatic carbocycles. The van der Waals surface area contributed by atoms with Crippen molar-refractivity contribution >= 4 is 10.8 Å². The van der Waals surface area contributed by atoms with Crippen molar-refractivity contribution in [1.82, 2.24) is 4.31 Å². The number of nitrogens with zero attached hydrogens (tertiary/aromatic N) is 1. The molecule has 15 heavy (non-hydrogen) atoms. The van der Waals surface area contributed by atoms with Crippen LogP contribution < -0.4 is 0 Å². The van der Waals surface area contributed by atoms with Crippen LogP contribution in [-0.2, 0) is 0 Å². The largest absolute Gasteiger partial charge is 0.395 e. The van der Waals surface area contributed by atoms with Gasteiger partial charge in [-0.25, -0.2) is 4.31 Å². The van der Waals surface area contributed by atoms with E-state index >= 15 is 0 Å². The Hall–Kier alpha value is -0.590. The van der Waals surface area contributed by atoms with Crippen molar-refractivity contribution in [3.05, 3.63) is 29.8 Å². The van der Waals surface area contributed by atoms with Gasteiger partial charge >= 0.3 is 0 Å². The minimum atomic E-state index is -2.94. The van der Waals surface area contributed by atoms with Crippen molar-refractivity contribution in [2.75, 3.05) is 20.2 Å². The minimum Gasteiger partial charge on any atom is -0.395 e. The number of benzene rings is 1. The van der Waals surface area contributed by atoms with Gasteiger partial charge < -0.3 is 5.11 Å². The summed E-state index contributed by atoms with van der Waals surface area (Å²) in [5.41, 5.74) is 1.07. The molecule has 0 heterocycles. The summed E-state index contributed by atoms with van der Waals surface area (Å²) in [7, 11) is -1.37. The van der Waals surface area contributed by atoms with E-state index in [4.69, 9.17) is 5.11 Å². The number of hydrogen-bond donors (Lipinski definition) is 3. The quantitative estimate of drug-likeness (QED) is 0.741. The molecular weight excluding hydrogens is 214 g/mol. The molecule has 0 aliphatic rings. The summed E-state index contributed by atoms with van der Waals surface area (Å²) in [4.78, 5) is 0.476. The number of aliphatic hydroxyl groups excluding tert-OH is 1. The monoisotopic (exact) mass is 231 g/mol. The van der Waals surface area contributed by atoms with E-state index in [1.807, 2.05) is 19.1 Å². The highest BCUT2D eigenvalue weighted by atomic mass is 32.3. The van der Waals surface area contributed by atoms with Gasteiger partial charge in [-0.1, -0.05) is 17.7 Å². The van der Waals surface area contributed by atoms with Gasteiger partial charge in [-0.05, 0) is 19.1 Å². The lowest BCUT2D eigenvalue weighted by Gasteiger charge is -2.40. The molecule has 0 bridgehead atoms. The highest BCUT2D eigenvalue weighted by molar-refractivity contribution is 8.22. The molecule has 0 amide bonds. The van der Waals surface area contributed by atoms with Gasteiger partial charge in [-0.15, -0.1) is 10.8 Å². The molecule has 3 N–H and O–H groups in total. The van der Waals surface area contributed by atoms with Gasteiger partial charge in [0, 0.05) is 13.6 Å². The molecule has 1 aromatic rings. The molecule has 0 aliphatic carbocycles. The topological polar surface area (TPSA) is 63.9 Å². The number of likely N-dealkylation sites (N-methyl/N-ethyl adjacent to an activating group) is 1. The first-order chi connectivity index (χ1) is 6.98. The van der Waals surface area contributed by atoms with E-state index in [9.17, 15) is 9.11 Å². The zero-order valence-corrected chi connectivity index (χ0v) is 9.74. The molecule has 0 fully saturated rings. The normalized spacial score (nSPS) is 13.2. The van der Waals surface area contributed by atoms with Crippen LogP contribution in [0.5, 0.6) is 0 Å². The van der Waals surface area contributed by atoms with Gasteiger partial charge in [0.1, 0.15) is 0 Å². The van der Waals surface area contributed by atoms with Crippen LogP contribution in [0.3, 0.4) is 0 Å². The Morgan fingerprint density at radius 2 is 1.73 bits per heavy atom. The van der Waals surface area contributed by atoms with Crippen LogP contribution in [-0.4, -0.2) is 38.7 Å². The van der Waals surface area contributed by atoms with Crippen LogP contribution in [0, 0.1) is 6.92 Å². The second kappa shape index (κ2) is 4.96. The molecule has 0 aliphatic heterocycles. The highest BCUT2D eigenvalue weighted by Gasteiger charge is 2.20. The molecule has 0 radical (unpaired) electrons. The second-order valence-corrected chi connectivity index (χ2v) is 5.54. The summed E-state index contributed by atoms with van der Waals surface area (Å²) in [5, 5.41) is 8.74. The van der Waals surface area contributed by atoms with E-state index in [2.05, 4.69) is 0 Å². The fraction of sp³-hybridized carbons (Fsp3) is 0.400. The Kier molecular flexibility index (Phi) is 4.12. The van der Waals surface area contributed by atoms with Crippen LogP contribution >= 0.6 is 10.8 Å². The Morgan fingerprint density at radius 1 is 1.20 bits per heavy atom. The van der Waals surface area contributed by atoms with Crippen molar-refractivity contribution in [1.29, 1.82) is 0 Å². The lowest BCUT2D eigenvalue weighted by atomic mass is 10.2. The summed E-state index contributed by atoms with van der Waals surface area (Å²) in [6.45, 7) is 2.07. The Morgan fingerprint density at radius 3 is 2.20 bits per heavy atom. The molecule has 1 rings (SSSR count). The van der Waals surface area contributed by atoms with Crippen LogP contribution in [0.15, 0.2) is 29.2 Å². The molecule has 5 heteroatoms. The smallest absolute Gasteiger partial charge is 0.0752 e. The maximum absolute atomic E-state index is 9.93. The minimum absolute atomic E-state index is 0.0990. The van der Waals surface area contributed by atoms with Crippen molar-refractivity contribution in [3.8, 4) is 0 Å². The first kappa shape index (κ1) is 12.5. The van der Waals surface area contributed by atoms with E-state index in [-0.39, 0.29) is 13.2 Å². The Balaban J connectivity index is 2.89. The molecule has 0 spiro atoms. The lowest BCUT2D eigenvalue weighted by Crippen LogP contribution is -2.26. The Labute approximate surface area is 91.6 Å². The maximum Gasteiger partial charge on any atom is 0.0752 e. The van der Waals surface area contributed by atoms with Crippen LogP contribution in [0.4, 0.5) is 0 Å². The molecule has 0 aromatic heterocycles. The van der Waals surface area contributed by atoms with Gasteiger partial charge in [0.2, 0.25) is 0 Å². The highest BCUT2D eigenvalue weighted by Crippen LogP contribution is 2.50. The molecule has 0 saturated carbocycles. The van der Waals surface area contributed by atoms with E-state index in [1.165, 1.54) is 4.31 Å². The zero-order chi connectivity index (χ0) is 11.5. The van der Waals surface area contributed by atoms with Crippen molar-refractivity contribution < 1.29 is 14.2 Å². The van der Waals surface area contributed by atoms with E-state index in [0.29, 0.717) is 4.90 Å². The summed E-state index contributed by atoms with van der Waals surface area (Å²) in [6, 6.07) is 7.05. The maximum atomic E-state index is 9.93. The summed E-state index contributed by atoms with van der Waals surface area (Å²) >= 11 is 0. The van der Waals surface area contributed by atoms with Gasteiger partial charge in [-0.2, -0.15) is 0 Å². The second-order valence-electron chi connectivity index (χ2n) is 3.41. The van der Waals surface area contributed by atoms with Gasteiger partial charge in [0.25, 0.3) is 0 Å². The van der Waals surface area contributed by atoms with Crippen molar-refractivity contribution in [2.24, 2.45) is 0 Å². The average molecular weight is 231 g/mol. The number of hydrogen-bond acceptors (Lipinski definition) is 4. The van der Waals surface area contributed by atoms with Crippen LogP contribution in [0.1, 0.15) is 5.56 Å².